The van der Waals surface area contributed by atoms with Crippen LogP contribution in [-0.2, 0) is 12.1 Å². The molecule has 1 nitrogen and oxygen atoms in total. The zero-order valence-electron chi connectivity index (χ0n) is 11.3. The molecule has 20 heavy (non-hydrogen) atoms. The number of hydrogen-bond donors (Lipinski definition) is 0. The van der Waals surface area contributed by atoms with Gasteiger partial charge in [0, 0.05) is 24.7 Å². The Labute approximate surface area is 122 Å². The van der Waals surface area contributed by atoms with Crippen molar-refractivity contribution in [3.05, 3.63) is 29.3 Å². The maximum atomic E-state index is 13.1. The molecule has 1 aromatic rings. The second-order valence-electron chi connectivity index (χ2n) is 5.23. The Morgan fingerprint density at radius 3 is 2.15 bits per heavy atom. The van der Waals surface area contributed by atoms with Crippen LogP contribution in [0.1, 0.15) is 43.2 Å². The van der Waals surface area contributed by atoms with Gasteiger partial charge in [-0.25, -0.2) is 0 Å². The van der Waals surface area contributed by atoms with Gasteiger partial charge in [-0.2, -0.15) is 13.2 Å². The van der Waals surface area contributed by atoms with Crippen molar-refractivity contribution in [1.29, 1.82) is 0 Å². The molecule has 0 spiro atoms. The third-order valence-electron chi connectivity index (χ3n) is 3.76. The van der Waals surface area contributed by atoms with Gasteiger partial charge in [0.1, 0.15) is 0 Å². The highest BCUT2D eigenvalue weighted by Crippen LogP contribution is 2.35. The third kappa shape index (κ3) is 3.81. The first-order valence-electron chi connectivity index (χ1n) is 7.03. The van der Waals surface area contributed by atoms with E-state index < -0.39 is 11.7 Å². The number of benzene rings is 1. The monoisotopic (exact) mass is 305 g/mol. The van der Waals surface area contributed by atoms with E-state index in [-0.39, 0.29) is 11.4 Å². The van der Waals surface area contributed by atoms with Crippen molar-refractivity contribution in [3.8, 4) is 0 Å². The first kappa shape index (κ1) is 15.5. The second kappa shape index (κ2) is 6.70. The van der Waals surface area contributed by atoms with E-state index in [9.17, 15) is 13.2 Å². The molecule has 1 aromatic carbocycles. The quantitative estimate of drug-likeness (QED) is 0.678. The average Bonchev–Trinajstić information content (AvgIpc) is 2.37. The lowest BCUT2D eigenvalue weighted by molar-refractivity contribution is -0.138. The molecule has 0 atom stereocenters. The predicted molar refractivity (Wildman–Crippen MR) is 76.3 cm³/mol. The molecule has 0 N–H and O–H groups in total. The van der Waals surface area contributed by atoms with E-state index in [0.29, 0.717) is 5.69 Å². The predicted octanol–water partition coefficient (Wildman–Crippen LogP) is 5.21. The Kier molecular flexibility index (Phi) is 5.19. The normalized spacial score (nSPS) is 17.7. The molecule has 1 saturated heterocycles. The van der Waals surface area contributed by atoms with E-state index in [1.54, 1.807) is 6.07 Å². The van der Waals surface area contributed by atoms with Gasteiger partial charge in [0.2, 0.25) is 0 Å². The fraction of sp³-hybridized carbons (Fsp3) is 0.600. The van der Waals surface area contributed by atoms with Gasteiger partial charge in [0.15, 0.2) is 0 Å². The smallest absolute Gasteiger partial charge is 0.372 e. The molecule has 0 saturated carbocycles. The Bertz CT molecular complexity index is 437. The van der Waals surface area contributed by atoms with Gasteiger partial charge < -0.3 is 4.90 Å². The van der Waals surface area contributed by atoms with E-state index in [2.05, 4.69) is 4.90 Å². The van der Waals surface area contributed by atoms with Crippen molar-refractivity contribution in [3.63, 3.8) is 0 Å². The van der Waals surface area contributed by atoms with Crippen molar-refractivity contribution in [2.45, 2.75) is 44.2 Å². The van der Waals surface area contributed by atoms with Crippen LogP contribution in [0.15, 0.2) is 18.2 Å². The van der Waals surface area contributed by atoms with Gasteiger partial charge in [-0.15, -0.1) is 11.6 Å². The minimum Gasteiger partial charge on any atom is -0.372 e. The third-order valence-corrected chi connectivity index (χ3v) is 4.05. The number of halogens is 4. The first-order chi connectivity index (χ1) is 9.52. The standard InChI is InChI=1S/C15H19ClF3N/c16-11-12-6-7-13(10-14(12)15(17,18)19)20-8-4-2-1-3-5-9-20/h6-7,10H,1-5,8-9,11H2. The van der Waals surface area contributed by atoms with E-state index in [4.69, 9.17) is 11.6 Å². The van der Waals surface area contributed by atoms with E-state index >= 15 is 0 Å². The summed E-state index contributed by atoms with van der Waals surface area (Å²) in [4.78, 5) is 2.06. The molecule has 1 aliphatic heterocycles. The first-order valence-corrected chi connectivity index (χ1v) is 7.57. The second-order valence-corrected chi connectivity index (χ2v) is 5.49. The van der Waals surface area contributed by atoms with E-state index in [0.717, 1.165) is 38.8 Å². The summed E-state index contributed by atoms with van der Waals surface area (Å²) in [6.45, 7) is 1.66. The SMILES string of the molecule is FC(F)(F)c1cc(N2CCCCCCC2)ccc1CCl. The highest BCUT2D eigenvalue weighted by atomic mass is 35.5. The molecule has 0 bridgehead atoms. The molecule has 1 heterocycles. The summed E-state index contributed by atoms with van der Waals surface area (Å²) in [5.41, 5.74) is 0.204. The van der Waals surface area contributed by atoms with Crippen LogP contribution in [0.3, 0.4) is 0 Å². The maximum Gasteiger partial charge on any atom is 0.416 e. The highest BCUT2D eigenvalue weighted by Gasteiger charge is 2.33. The fourth-order valence-electron chi connectivity index (χ4n) is 2.65. The van der Waals surface area contributed by atoms with Crippen molar-refractivity contribution in [2.75, 3.05) is 18.0 Å². The molecule has 5 heteroatoms. The zero-order chi connectivity index (χ0) is 14.6. The maximum absolute atomic E-state index is 13.1. The molecule has 2 rings (SSSR count). The van der Waals surface area contributed by atoms with Gasteiger partial charge in [0.25, 0.3) is 0 Å². The summed E-state index contributed by atoms with van der Waals surface area (Å²) < 4.78 is 39.2. The van der Waals surface area contributed by atoms with Crippen molar-refractivity contribution in [1.82, 2.24) is 0 Å². The van der Waals surface area contributed by atoms with Crippen LogP contribution in [0.2, 0.25) is 0 Å². The van der Waals surface area contributed by atoms with Crippen molar-refractivity contribution < 1.29 is 13.2 Å². The van der Waals surface area contributed by atoms with Gasteiger partial charge in [0.05, 0.1) is 5.56 Å². The van der Waals surface area contributed by atoms with Gasteiger partial charge in [-0.05, 0) is 30.5 Å². The van der Waals surface area contributed by atoms with Crippen molar-refractivity contribution in [2.24, 2.45) is 0 Å². The summed E-state index contributed by atoms with van der Waals surface area (Å²) in [7, 11) is 0. The summed E-state index contributed by atoms with van der Waals surface area (Å²) in [6.07, 6.45) is 1.28. The van der Waals surface area contributed by atoms with E-state index in [1.807, 2.05) is 0 Å². The number of rotatable bonds is 2. The lowest BCUT2D eigenvalue weighted by Crippen LogP contribution is -2.27. The largest absolute Gasteiger partial charge is 0.416 e. The molecule has 0 aliphatic carbocycles. The average molecular weight is 306 g/mol. The highest BCUT2D eigenvalue weighted by molar-refractivity contribution is 6.17. The Hall–Kier alpha value is -0.900. The Morgan fingerprint density at radius 2 is 1.60 bits per heavy atom. The summed E-state index contributed by atoms with van der Waals surface area (Å²) >= 11 is 5.61. The van der Waals surface area contributed by atoms with E-state index in [1.165, 1.54) is 18.6 Å². The fourth-order valence-corrected chi connectivity index (χ4v) is 2.88. The minimum absolute atomic E-state index is 0.116. The van der Waals surface area contributed by atoms with Crippen LogP contribution in [0.5, 0.6) is 0 Å². The number of hydrogen-bond acceptors (Lipinski definition) is 1. The molecule has 0 unspecified atom stereocenters. The lowest BCUT2D eigenvalue weighted by Gasteiger charge is -2.28. The minimum atomic E-state index is -4.34. The van der Waals surface area contributed by atoms with Gasteiger partial charge in [-0.1, -0.05) is 25.3 Å². The molecule has 0 aromatic heterocycles. The van der Waals surface area contributed by atoms with Crippen LogP contribution in [0, 0.1) is 0 Å². The summed E-state index contributed by atoms with van der Waals surface area (Å²) in [6, 6.07) is 4.51. The molecule has 0 amide bonds. The van der Waals surface area contributed by atoms with Gasteiger partial charge >= 0.3 is 6.18 Å². The molecule has 1 aliphatic rings. The molecular formula is C15H19ClF3N. The Balaban J connectivity index is 2.27. The van der Waals surface area contributed by atoms with Gasteiger partial charge in [-0.3, -0.25) is 0 Å². The number of anilines is 1. The number of alkyl halides is 4. The van der Waals surface area contributed by atoms with Crippen LogP contribution in [-0.4, -0.2) is 13.1 Å². The molecule has 1 fully saturated rings. The topological polar surface area (TPSA) is 3.24 Å². The van der Waals surface area contributed by atoms with Crippen molar-refractivity contribution >= 4 is 17.3 Å². The van der Waals surface area contributed by atoms with Crippen LogP contribution in [0.4, 0.5) is 18.9 Å². The zero-order valence-corrected chi connectivity index (χ0v) is 12.1. The summed E-state index contributed by atoms with van der Waals surface area (Å²) in [5, 5.41) is 0. The summed E-state index contributed by atoms with van der Waals surface area (Å²) in [5.74, 6) is -0.116. The number of nitrogens with zero attached hydrogens (tertiary/aromatic N) is 1. The van der Waals surface area contributed by atoms with Crippen LogP contribution < -0.4 is 4.90 Å². The molecule has 112 valence electrons. The lowest BCUT2D eigenvalue weighted by atomic mass is 10.0. The van der Waals surface area contributed by atoms with Crippen LogP contribution in [0.25, 0.3) is 0 Å². The molecule has 0 radical (unpaired) electrons. The molecular weight excluding hydrogens is 287 g/mol. The Morgan fingerprint density at radius 1 is 1.00 bits per heavy atom. The van der Waals surface area contributed by atoms with Crippen LogP contribution >= 0.6 is 11.6 Å².